The quantitative estimate of drug-likeness (QED) is 0.804. The summed E-state index contributed by atoms with van der Waals surface area (Å²) >= 11 is 1.98. The maximum Gasteiger partial charge on any atom is 0.0315 e. The number of pyridine rings is 1. The molecule has 0 saturated carbocycles. The van der Waals surface area contributed by atoms with E-state index in [1.165, 1.54) is 17.1 Å². The highest BCUT2D eigenvalue weighted by Crippen LogP contribution is 2.12. The normalized spacial score (nSPS) is 14.9. The minimum absolute atomic E-state index is 0.381. The van der Waals surface area contributed by atoms with Crippen molar-refractivity contribution in [3.63, 3.8) is 0 Å². The van der Waals surface area contributed by atoms with E-state index in [1.54, 1.807) is 0 Å². The molecule has 0 amide bonds. The van der Waals surface area contributed by atoms with Crippen LogP contribution in [0.4, 0.5) is 0 Å². The van der Waals surface area contributed by atoms with E-state index in [9.17, 15) is 0 Å². The second kappa shape index (κ2) is 6.85. The summed E-state index contributed by atoms with van der Waals surface area (Å²) in [5.41, 5.74) is 1.26. The summed E-state index contributed by atoms with van der Waals surface area (Å²) in [5, 5.41) is 3.57. The van der Waals surface area contributed by atoms with E-state index in [-0.39, 0.29) is 0 Å². The molecular weight excluding hydrogens is 204 g/mol. The molecule has 0 spiro atoms. The van der Waals surface area contributed by atoms with Gasteiger partial charge in [-0.15, -0.1) is 0 Å². The van der Waals surface area contributed by atoms with Gasteiger partial charge in [0.2, 0.25) is 0 Å². The fourth-order valence-corrected chi connectivity index (χ4v) is 2.18. The third kappa shape index (κ3) is 4.67. The number of aromatic nitrogens is 1. The lowest BCUT2D eigenvalue weighted by atomic mass is 10.1. The zero-order chi connectivity index (χ0) is 11.1. The van der Waals surface area contributed by atoms with Crippen LogP contribution in [0, 0.1) is 0 Å². The van der Waals surface area contributed by atoms with Gasteiger partial charge in [-0.25, -0.2) is 0 Å². The maximum atomic E-state index is 4.13. The Labute approximate surface area is 96.9 Å². The Bertz CT molecular complexity index is 264. The summed E-state index contributed by atoms with van der Waals surface area (Å²) < 4.78 is 0. The monoisotopic (exact) mass is 224 g/mol. The van der Waals surface area contributed by atoms with E-state index < -0.39 is 0 Å². The number of nitrogens with zero attached hydrogens (tertiary/aromatic N) is 1. The average molecular weight is 224 g/mol. The van der Waals surface area contributed by atoms with Crippen molar-refractivity contribution in [3.05, 3.63) is 30.1 Å². The summed E-state index contributed by atoms with van der Waals surface area (Å²) in [4.78, 5) is 4.13. The van der Waals surface area contributed by atoms with E-state index in [4.69, 9.17) is 0 Å². The van der Waals surface area contributed by atoms with Crippen molar-refractivity contribution in [1.82, 2.24) is 10.3 Å². The number of hydrogen-bond acceptors (Lipinski definition) is 3. The standard InChI is InChI=1S/C12H20N2S/c1-4-15-9-10(2)14-11(3)12-6-5-7-13-8-12/h5-8,10-11,14H,4,9H2,1-3H3. The maximum absolute atomic E-state index is 4.13. The highest BCUT2D eigenvalue weighted by molar-refractivity contribution is 7.99. The Morgan fingerprint density at radius 2 is 2.27 bits per heavy atom. The SMILES string of the molecule is CCSCC(C)NC(C)c1cccnc1. The number of hydrogen-bond donors (Lipinski definition) is 1. The van der Waals surface area contributed by atoms with Gasteiger partial charge in [-0.2, -0.15) is 11.8 Å². The molecule has 0 aliphatic carbocycles. The van der Waals surface area contributed by atoms with E-state index >= 15 is 0 Å². The van der Waals surface area contributed by atoms with Gasteiger partial charge in [0.1, 0.15) is 0 Å². The lowest BCUT2D eigenvalue weighted by molar-refractivity contribution is 0.510. The van der Waals surface area contributed by atoms with Gasteiger partial charge in [0.05, 0.1) is 0 Å². The van der Waals surface area contributed by atoms with Crippen molar-refractivity contribution in [1.29, 1.82) is 0 Å². The Hall–Kier alpha value is -0.540. The van der Waals surface area contributed by atoms with Crippen LogP contribution in [0.1, 0.15) is 32.4 Å². The van der Waals surface area contributed by atoms with Gasteiger partial charge in [-0.3, -0.25) is 4.98 Å². The third-order valence-electron chi connectivity index (χ3n) is 2.29. The number of thioether (sulfide) groups is 1. The molecule has 2 nitrogen and oxygen atoms in total. The summed E-state index contributed by atoms with van der Waals surface area (Å²) in [6, 6.07) is 5.03. The lowest BCUT2D eigenvalue weighted by Crippen LogP contribution is -2.30. The molecule has 1 aromatic heterocycles. The van der Waals surface area contributed by atoms with Gasteiger partial charge in [-0.05, 0) is 31.2 Å². The number of rotatable bonds is 6. The molecule has 3 heteroatoms. The molecule has 0 bridgehead atoms. The molecule has 1 rings (SSSR count). The first kappa shape index (κ1) is 12.5. The van der Waals surface area contributed by atoms with Gasteiger partial charge in [0.25, 0.3) is 0 Å². The van der Waals surface area contributed by atoms with Crippen LogP contribution in [0.5, 0.6) is 0 Å². The van der Waals surface area contributed by atoms with Crippen molar-refractivity contribution in [3.8, 4) is 0 Å². The van der Waals surface area contributed by atoms with Crippen molar-refractivity contribution in [2.24, 2.45) is 0 Å². The zero-order valence-corrected chi connectivity index (χ0v) is 10.6. The average Bonchev–Trinajstić information content (AvgIpc) is 2.27. The van der Waals surface area contributed by atoms with E-state index in [0.29, 0.717) is 12.1 Å². The van der Waals surface area contributed by atoms with E-state index in [0.717, 1.165) is 0 Å². The molecular formula is C12H20N2S. The molecule has 0 aliphatic rings. The first-order valence-corrected chi connectivity index (χ1v) is 6.63. The minimum atomic E-state index is 0.381. The first-order chi connectivity index (χ1) is 7.24. The van der Waals surface area contributed by atoms with Crippen molar-refractivity contribution >= 4 is 11.8 Å². The highest BCUT2D eigenvalue weighted by atomic mass is 32.2. The van der Waals surface area contributed by atoms with E-state index in [2.05, 4.69) is 37.1 Å². The summed E-state index contributed by atoms with van der Waals surface area (Å²) in [6.45, 7) is 6.61. The molecule has 84 valence electrons. The molecule has 0 saturated heterocycles. The van der Waals surface area contributed by atoms with E-state index in [1.807, 2.05) is 30.2 Å². The fraction of sp³-hybridized carbons (Fsp3) is 0.583. The first-order valence-electron chi connectivity index (χ1n) is 5.47. The Kier molecular flexibility index (Phi) is 5.73. The van der Waals surface area contributed by atoms with Gasteiger partial charge in [-0.1, -0.05) is 13.0 Å². The van der Waals surface area contributed by atoms with Crippen LogP contribution >= 0.6 is 11.8 Å². The molecule has 1 aromatic rings. The molecule has 15 heavy (non-hydrogen) atoms. The van der Waals surface area contributed by atoms with Gasteiger partial charge in [0.15, 0.2) is 0 Å². The third-order valence-corrected chi connectivity index (χ3v) is 3.43. The molecule has 0 aromatic carbocycles. The Morgan fingerprint density at radius 1 is 1.47 bits per heavy atom. The van der Waals surface area contributed by atoms with Crippen molar-refractivity contribution in [2.45, 2.75) is 32.9 Å². The molecule has 1 N–H and O–H groups in total. The van der Waals surface area contributed by atoms with Crippen LogP contribution in [0.2, 0.25) is 0 Å². The van der Waals surface area contributed by atoms with Crippen LogP contribution < -0.4 is 5.32 Å². The minimum Gasteiger partial charge on any atom is -0.307 e. The molecule has 0 fully saturated rings. The molecule has 2 atom stereocenters. The van der Waals surface area contributed by atoms with Crippen molar-refractivity contribution in [2.75, 3.05) is 11.5 Å². The highest BCUT2D eigenvalue weighted by Gasteiger charge is 2.08. The fourth-order valence-electron chi connectivity index (χ4n) is 1.50. The van der Waals surface area contributed by atoms with Crippen LogP contribution in [0.25, 0.3) is 0 Å². The molecule has 1 heterocycles. The largest absolute Gasteiger partial charge is 0.307 e. The second-order valence-electron chi connectivity index (χ2n) is 3.74. The second-order valence-corrected chi connectivity index (χ2v) is 5.05. The van der Waals surface area contributed by atoms with Crippen LogP contribution in [-0.2, 0) is 0 Å². The summed E-state index contributed by atoms with van der Waals surface area (Å²) in [6.07, 6.45) is 3.74. The Balaban J connectivity index is 2.38. The summed E-state index contributed by atoms with van der Waals surface area (Å²) in [5.74, 6) is 2.36. The van der Waals surface area contributed by atoms with Gasteiger partial charge >= 0.3 is 0 Å². The van der Waals surface area contributed by atoms with Crippen LogP contribution in [0.15, 0.2) is 24.5 Å². The lowest BCUT2D eigenvalue weighted by Gasteiger charge is -2.19. The predicted molar refractivity (Wildman–Crippen MR) is 68.2 cm³/mol. The number of nitrogens with one attached hydrogen (secondary N) is 1. The Morgan fingerprint density at radius 3 is 2.87 bits per heavy atom. The predicted octanol–water partition coefficient (Wildman–Crippen LogP) is 2.87. The smallest absolute Gasteiger partial charge is 0.0315 e. The molecule has 2 unspecified atom stereocenters. The molecule has 0 radical (unpaired) electrons. The topological polar surface area (TPSA) is 24.9 Å². The van der Waals surface area contributed by atoms with Crippen LogP contribution in [-0.4, -0.2) is 22.5 Å². The molecule has 0 aliphatic heterocycles. The van der Waals surface area contributed by atoms with Gasteiger partial charge < -0.3 is 5.32 Å². The van der Waals surface area contributed by atoms with Crippen molar-refractivity contribution < 1.29 is 0 Å². The summed E-state index contributed by atoms with van der Waals surface area (Å²) in [7, 11) is 0. The zero-order valence-electron chi connectivity index (χ0n) is 9.73. The van der Waals surface area contributed by atoms with Gasteiger partial charge in [0, 0.05) is 30.2 Å². The van der Waals surface area contributed by atoms with Crippen LogP contribution in [0.3, 0.4) is 0 Å².